The van der Waals surface area contributed by atoms with Gasteiger partial charge >= 0.3 is 71.4 Å². The fraction of sp³-hybridized carbons (Fsp3) is 0.537. The highest BCUT2D eigenvalue weighted by molar-refractivity contribution is 8.30. The molecule has 67 heavy (non-hydrogen) atoms. The number of hydrogen-bond acceptors (Lipinski definition) is 2. The number of unbranched alkanes of at least 4 members (excludes halogenated alkanes) is 8. The maximum absolute atomic E-state index is 15.6. The van der Waals surface area contributed by atoms with Gasteiger partial charge in [-0.1, -0.05) is 107 Å². The summed E-state index contributed by atoms with van der Waals surface area (Å²) in [5.41, 5.74) is 0.532. The Labute approximate surface area is 367 Å². The van der Waals surface area contributed by atoms with Crippen LogP contribution in [0.5, 0.6) is 0 Å². The smallest absolute Gasteiger partial charge is 0.397 e. The molecule has 0 heterocycles. The van der Waals surface area contributed by atoms with Crippen LogP contribution < -0.4 is 0 Å². The summed E-state index contributed by atoms with van der Waals surface area (Å²) in [5, 5.41) is 0. The molecule has 0 amide bonds. The molecule has 0 spiro atoms. The highest BCUT2D eigenvalue weighted by Gasteiger charge is 2.99. The van der Waals surface area contributed by atoms with Crippen LogP contribution in [0.2, 0.25) is 0 Å². The van der Waals surface area contributed by atoms with Gasteiger partial charge in [-0.2, -0.15) is 101 Å². The predicted molar refractivity (Wildman–Crippen MR) is 194 cm³/mol. The van der Waals surface area contributed by atoms with Crippen LogP contribution in [0, 0.1) is 0 Å². The molecule has 3 rings (SSSR count). The van der Waals surface area contributed by atoms with Gasteiger partial charge in [0.15, 0.2) is 0 Å². The molecule has 0 saturated carbocycles. The Morgan fingerprint density at radius 3 is 1.03 bits per heavy atom. The van der Waals surface area contributed by atoms with Gasteiger partial charge < -0.3 is 4.18 Å². The molecule has 0 fully saturated rings. The molecular formula is C41H37F23O2S. The number of carbonyl (C=O) groups is 1. The second kappa shape index (κ2) is 19.7. The zero-order valence-corrected chi connectivity index (χ0v) is 34.9. The lowest BCUT2D eigenvalue weighted by Gasteiger charge is -2.45. The van der Waals surface area contributed by atoms with Gasteiger partial charge in [-0.3, -0.25) is 0 Å². The maximum atomic E-state index is 15.6. The minimum absolute atomic E-state index is 0.373. The van der Waals surface area contributed by atoms with E-state index in [0.717, 1.165) is 112 Å². The van der Waals surface area contributed by atoms with Gasteiger partial charge in [-0.05, 0) is 65.1 Å². The molecule has 380 valence electrons. The first-order valence-corrected chi connectivity index (χ1v) is 21.0. The SMILES string of the molecule is CCCCCCCCCCCc1ccc(S(OC(=O)C(F)(F)C(F)(F)C(F)(F)C(F)(F)C(F)(F)C(F)(F)C(F)(F)C(F)(F)C(F)(F)C(F)(F)C(F)(F)F)(c2ccccc2)c2ccccc2)cc1. The second-order valence-corrected chi connectivity index (χ2v) is 17.7. The first kappa shape index (κ1) is 57.2. The number of alkyl halides is 23. The molecule has 0 aliphatic rings. The summed E-state index contributed by atoms with van der Waals surface area (Å²) in [6.07, 6.45) is 0.621. The van der Waals surface area contributed by atoms with Crippen molar-refractivity contribution in [3.05, 3.63) is 90.5 Å². The zero-order valence-electron chi connectivity index (χ0n) is 34.1. The number of halogens is 23. The quantitative estimate of drug-likeness (QED) is 0.0660. The largest absolute Gasteiger partial charge is 0.460 e. The number of aryl methyl sites for hydroxylation is 1. The lowest BCUT2D eigenvalue weighted by atomic mass is 9.85. The molecule has 0 aliphatic carbocycles. The molecule has 3 aromatic carbocycles. The van der Waals surface area contributed by atoms with E-state index < -0.39 is 96.4 Å². The predicted octanol–water partition coefficient (Wildman–Crippen LogP) is 16.4. The summed E-state index contributed by atoms with van der Waals surface area (Å²) in [6, 6.07) is 15.7. The van der Waals surface area contributed by atoms with Crippen LogP contribution in [-0.2, 0) is 15.4 Å². The normalized spacial score (nSPS) is 14.9. The average Bonchev–Trinajstić information content (AvgIpc) is 3.24. The summed E-state index contributed by atoms with van der Waals surface area (Å²) in [4.78, 5) is 11.9. The third-order valence-electron chi connectivity index (χ3n) is 10.3. The van der Waals surface area contributed by atoms with Gasteiger partial charge in [0.05, 0.1) is 0 Å². The van der Waals surface area contributed by atoms with E-state index in [2.05, 4.69) is 6.92 Å². The van der Waals surface area contributed by atoms with Crippen molar-refractivity contribution in [2.75, 3.05) is 0 Å². The van der Waals surface area contributed by atoms with E-state index in [1.165, 1.54) is 24.3 Å². The van der Waals surface area contributed by atoms with Crippen molar-refractivity contribution in [2.24, 2.45) is 0 Å². The summed E-state index contributed by atoms with van der Waals surface area (Å²) >= 11 is 0. The fourth-order valence-electron chi connectivity index (χ4n) is 6.31. The van der Waals surface area contributed by atoms with Gasteiger partial charge in [0.25, 0.3) is 0 Å². The van der Waals surface area contributed by atoms with Crippen LogP contribution in [0.15, 0.2) is 99.6 Å². The van der Waals surface area contributed by atoms with Gasteiger partial charge in [0.2, 0.25) is 0 Å². The van der Waals surface area contributed by atoms with Gasteiger partial charge in [0, 0.05) is 14.7 Å². The molecule has 0 atom stereocenters. The van der Waals surface area contributed by atoms with E-state index in [1.807, 2.05) is 0 Å². The minimum atomic E-state index is -9.56. The highest BCUT2D eigenvalue weighted by Crippen LogP contribution is 2.71. The Balaban J connectivity index is 2.12. The van der Waals surface area contributed by atoms with Crippen LogP contribution in [0.3, 0.4) is 0 Å². The third-order valence-corrected chi connectivity index (χ3v) is 13.5. The molecule has 0 unspecified atom stereocenters. The van der Waals surface area contributed by atoms with Crippen LogP contribution in [-0.4, -0.2) is 71.4 Å². The molecule has 26 heteroatoms. The van der Waals surface area contributed by atoms with Crippen molar-refractivity contribution in [1.82, 2.24) is 0 Å². The fourth-order valence-corrected chi connectivity index (χ4v) is 9.35. The Morgan fingerprint density at radius 2 is 0.687 bits per heavy atom. The molecule has 0 radical (unpaired) electrons. The summed E-state index contributed by atoms with van der Waals surface area (Å²) < 4.78 is 331. The van der Waals surface area contributed by atoms with E-state index in [4.69, 9.17) is 4.18 Å². The van der Waals surface area contributed by atoms with Crippen molar-refractivity contribution in [1.29, 1.82) is 0 Å². The average molecular weight is 1030 g/mol. The van der Waals surface area contributed by atoms with E-state index in [9.17, 15) is 88.2 Å². The number of carbonyl (C=O) groups excluding carboxylic acids is 1. The Bertz CT molecular complexity index is 2030. The van der Waals surface area contributed by atoms with Gasteiger partial charge in [-0.15, -0.1) is 0 Å². The van der Waals surface area contributed by atoms with Gasteiger partial charge in [0.1, 0.15) is 0 Å². The standard InChI is InChI=1S/C41H37F23O2S/c1-2-3-4-5-6-7-8-9-12-17-26-22-24-29(25-23-26)67(27-18-13-10-14-19-27,28-20-15-11-16-21-28)66-30(65)31(42,43)32(44,45)33(46,47)34(48,49)35(50,51)36(52,53)37(54,55)38(56,57)39(58,59)40(60,61)41(62,63)64/h10-11,13-16,18-25H,2-9,12,17H2,1H3. The first-order valence-electron chi connectivity index (χ1n) is 19.5. The molecule has 0 bridgehead atoms. The molecule has 0 aromatic heterocycles. The van der Waals surface area contributed by atoms with Crippen molar-refractivity contribution in [2.45, 2.75) is 151 Å². The second-order valence-electron chi connectivity index (χ2n) is 15.0. The van der Waals surface area contributed by atoms with E-state index in [1.54, 1.807) is 0 Å². The van der Waals surface area contributed by atoms with Crippen molar-refractivity contribution >= 4 is 16.3 Å². The molecular weight excluding hydrogens is 993 g/mol. The lowest BCUT2D eigenvalue weighted by Crippen LogP contribution is -2.78. The zero-order chi connectivity index (χ0) is 51.6. The number of rotatable bonds is 24. The van der Waals surface area contributed by atoms with Gasteiger partial charge in [-0.25, -0.2) is 4.79 Å². The van der Waals surface area contributed by atoms with Crippen molar-refractivity contribution in [3.8, 4) is 0 Å². The van der Waals surface area contributed by atoms with E-state index in [0.29, 0.717) is 18.4 Å². The third kappa shape index (κ3) is 9.62. The monoisotopic (exact) mass is 1030 g/mol. The first-order chi connectivity index (χ1) is 30.4. The number of benzene rings is 3. The number of hydrogen-bond donors (Lipinski definition) is 0. The van der Waals surface area contributed by atoms with Crippen LogP contribution in [0.4, 0.5) is 101 Å². The molecule has 0 N–H and O–H groups in total. The summed E-state index contributed by atoms with van der Waals surface area (Å²) in [7, 11) is -4.40. The van der Waals surface area contributed by atoms with Crippen LogP contribution in [0.25, 0.3) is 0 Å². The molecule has 0 aliphatic heterocycles. The van der Waals surface area contributed by atoms with E-state index in [-0.39, 0.29) is 0 Å². The van der Waals surface area contributed by atoms with E-state index >= 15 is 17.6 Å². The minimum Gasteiger partial charge on any atom is -0.397 e. The Hall–Kier alpha value is -4.13. The molecule has 0 saturated heterocycles. The Kier molecular flexibility index (Phi) is 16.8. The highest BCUT2D eigenvalue weighted by atomic mass is 32.3. The van der Waals surface area contributed by atoms with Crippen LogP contribution in [0.1, 0.15) is 70.3 Å². The molecule has 2 nitrogen and oxygen atoms in total. The lowest BCUT2D eigenvalue weighted by molar-refractivity contribution is -0.477. The van der Waals surface area contributed by atoms with Crippen LogP contribution >= 0.6 is 10.3 Å². The summed E-state index contributed by atoms with van der Waals surface area (Å²) in [5.74, 6) is -94.5. The maximum Gasteiger partial charge on any atom is 0.460 e. The van der Waals surface area contributed by atoms with Crippen molar-refractivity contribution < 1.29 is 110 Å². The Morgan fingerprint density at radius 1 is 0.388 bits per heavy atom. The topological polar surface area (TPSA) is 26.3 Å². The summed E-state index contributed by atoms with van der Waals surface area (Å²) in [6.45, 7) is 2.06. The molecule has 3 aromatic rings. The van der Waals surface area contributed by atoms with Crippen molar-refractivity contribution in [3.63, 3.8) is 0 Å².